The van der Waals surface area contributed by atoms with E-state index in [2.05, 4.69) is 10.2 Å². The van der Waals surface area contributed by atoms with E-state index < -0.39 is 0 Å². The summed E-state index contributed by atoms with van der Waals surface area (Å²) in [6.45, 7) is 4.43. The van der Waals surface area contributed by atoms with Crippen LogP contribution in [0.3, 0.4) is 0 Å². The predicted octanol–water partition coefficient (Wildman–Crippen LogP) is 4.29. The van der Waals surface area contributed by atoms with Gasteiger partial charge in [-0.25, -0.2) is 0 Å². The minimum absolute atomic E-state index is 0.0558. The van der Waals surface area contributed by atoms with Gasteiger partial charge in [0, 0.05) is 49.9 Å². The summed E-state index contributed by atoms with van der Waals surface area (Å²) in [4.78, 5) is 29.9. The van der Waals surface area contributed by atoms with Crippen LogP contribution >= 0.6 is 22.9 Å². The van der Waals surface area contributed by atoms with Crippen molar-refractivity contribution < 1.29 is 9.59 Å². The molecule has 160 valence electrons. The van der Waals surface area contributed by atoms with E-state index >= 15 is 0 Å². The van der Waals surface area contributed by atoms with Gasteiger partial charge >= 0.3 is 0 Å². The number of benzene rings is 2. The molecule has 0 bridgehead atoms. The molecule has 1 N–H and O–H groups in total. The average molecular weight is 454 g/mol. The minimum atomic E-state index is -0.0772. The van der Waals surface area contributed by atoms with E-state index in [1.807, 2.05) is 64.9 Å². The zero-order chi connectivity index (χ0) is 21.6. The summed E-state index contributed by atoms with van der Waals surface area (Å²) < 4.78 is 0. The number of rotatable bonds is 6. The van der Waals surface area contributed by atoms with Crippen molar-refractivity contribution in [1.29, 1.82) is 0 Å². The molecule has 7 heteroatoms. The lowest BCUT2D eigenvalue weighted by Crippen LogP contribution is -2.48. The number of thiophene rings is 1. The number of nitrogens with zero attached hydrogens (tertiary/aromatic N) is 2. The minimum Gasteiger partial charge on any atom is -0.347 e. The van der Waals surface area contributed by atoms with Gasteiger partial charge in [-0.1, -0.05) is 41.9 Å². The first-order chi connectivity index (χ1) is 15.1. The van der Waals surface area contributed by atoms with Crippen LogP contribution in [0.15, 0.2) is 66.0 Å². The van der Waals surface area contributed by atoms with E-state index in [0.29, 0.717) is 30.1 Å². The molecule has 1 aliphatic heterocycles. The Kier molecular flexibility index (Phi) is 7.02. The third kappa shape index (κ3) is 5.73. The van der Waals surface area contributed by atoms with Gasteiger partial charge in [-0.3, -0.25) is 14.5 Å². The molecule has 0 radical (unpaired) electrons. The smallest absolute Gasteiger partial charge is 0.261 e. The molecule has 1 fully saturated rings. The molecule has 1 aliphatic rings. The fourth-order valence-electron chi connectivity index (χ4n) is 3.58. The topological polar surface area (TPSA) is 52.7 Å². The van der Waals surface area contributed by atoms with Crippen molar-refractivity contribution in [2.45, 2.75) is 13.1 Å². The van der Waals surface area contributed by atoms with Gasteiger partial charge in [-0.2, -0.15) is 0 Å². The molecule has 0 spiro atoms. The number of nitrogens with one attached hydrogen (secondary N) is 1. The highest BCUT2D eigenvalue weighted by molar-refractivity contribution is 7.12. The third-order valence-electron chi connectivity index (χ3n) is 5.38. The summed E-state index contributed by atoms with van der Waals surface area (Å²) in [5.74, 6) is -0.0214. The molecule has 2 amide bonds. The number of piperazine rings is 1. The van der Waals surface area contributed by atoms with Crippen LogP contribution in [0.25, 0.3) is 0 Å². The second-order valence-corrected chi connectivity index (χ2v) is 8.94. The van der Waals surface area contributed by atoms with E-state index in [4.69, 9.17) is 11.6 Å². The molecule has 3 aromatic rings. The van der Waals surface area contributed by atoms with Crippen LogP contribution in [0.4, 0.5) is 0 Å². The molecule has 31 heavy (non-hydrogen) atoms. The maximum absolute atomic E-state index is 12.9. The molecule has 4 rings (SSSR count). The van der Waals surface area contributed by atoms with Crippen LogP contribution in [-0.4, -0.2) is 47.8 Å². The van der Waals surface area contributed by atoms with E-state index in [0.717, 1.165) is 30.2 Å². The Balaban J connectivity index is 1.26. The second kappa shape index (κ2) is 10.1. The molecular weight excluding hydrogens is 430 g/mol. The zero-order valence-corrected chi connectivity index (χ0v) is 18.7. The summed E-state index contributed by atoms with van der Waals surface area (Å²) in [5.41, 5.74) is 2.87. The van der Waals surface area contributed by atoms with Gasteiger partial charge < -0.3 is 10.2 Å². The van der Waals surface area contributed by atoms with Crippen molar-refractivity contribution in [2.24, 2.45) is 0 Å². The molecule has 2 heterocycles. The van der Waals surface area contributed by atoms with Gasteiger partial charge in [-0.05, 0) is 46.8 Å². The van der Waals surface area contributed by atoms with Crippen molar-refractivity contribution in [3.63, 3.8) is 0 Å². The fraction of sp³-hybridized carbons (Fsp3) is 0.250. The highest BCUT2D eigenvalue weighted by Gasteiger charge is 2.22. The largest absolute Gasteiger partial charge is 0.347 e. The van der Waals surface area contributed by atoms with Crippen LogP contribution in [0.5, 0.6) is 0 Å². The number of halogens is 1. The lowest BCUT2D eigenvalue weighted by molar-refractivity contribution is 0.0628. The molecule has 0 aliphatic carbocycles. The normalized spacial score (nSPS) is 14.4. The van der Waals surface area contributed by atoms with E-state index in [1.165, 1.54) is 16.9 Å². The Morgan fingerprint density at radius 1 is 0.903 bits per heavy atom. The summed E-state index contributed by atoms with van der Waals surface area (Å²) in [6, 6.07) is 19.1. The van der Waals surface area contributed by atoms with Crippen molar-refractivity contribution >= 4 is 34.8 Å². The Morgan fingerprint density at radius 3 is 2.23 bits per heavy atom. The van der Waals surface area contributed by atoms with Gasteiger partial charge in [0.25, 0.3) is 11.8 Å². The highest BCUT2D eigenvalue weighted by Crippen LogP contribution is 2.15. The van der Waals surface area contributed by atoms with Crippen molar-refractivity contribution in [1.82, 2.24) is 15.1 Å². The number of amides is 2. The third-order valence-corrected chi connectivity index (χ3v) is 6.50. The Labute approximate surface area is 191 Å². The number of hydrogen-bond acceptors (Lipinski definition) is 4. The van der Waals surface area contributed by atoms with Gasteiger partial charge in [0.05, 0.1) is 4.88 Å². The first-order valence-electron chi connectivity index (χ1n) is 10.3. The lowest BCUT2D eigenvalue weighted by Gasteiger charge is -2.34. The van der Waals surface area contributed by atoms with E-state index in [-0.39, 0.29) is 11.8 Å². The maximum atomic E-state index is 12.9. The number of hydrogen-bond donors (Lipinski definition) is 1. The van der Waals surface area contributed by atoms with Crippen LogP contribution < -0.4 is 5.32 Å². The van der Waals surface area contributed by atoms with Gasteiger partial charge in [0.1, 0.15) is 0 Å². The summed E-state index contributed by atoms with van der Waals surface area (Å²) >= 11 is 7.37. The fourth-order valence-corrected chi connectivity index (χ4v) is 4.35. The SMILES string of the molecule is O=C(NCc1ccc(C(=O)N2CCN(Cc3ccc(Cl)cc3)CC2)cc1)c1cccs1. The first-order valence-corrected chi connectivity index (χ1v) is 11.5. The molecule has 0 unspecified atom stereocenters. The number of carbonyl (C=O) groups is 2. The molecule has 1 aromatic heterocycles. The van der Waals surface area contributed by atoms with Gasteiger partial charge in [0.15, 0.2) is 0 Å². The van der Waals surface area contributed by atoms with E-state index in [1.54, 1.807) is 6.07 Å². The molecule has 0 saturated carbocycles. The summed E-state index contributed by atoms with van der Waals surface area (Å²) in [5, 5.41) is 5.53. The van der Waals surface area contributed by atoms with Crippen molar-refractivity contribution in [3.8, 4) is 0 Å². The average Bonchev–Trinajstić information content (AvgIpc) is 3.35. The quantitative estimate of drug-likeness (QED) is 0.605. The second-order valence-electron chi connectivity index (χ2n) is 7.55. The highest BCUT2D eigenvalue weighted by atomic mass is 35.5. The van der Waals surface area contributed by atoms with Crippen LogP contribution in [0, 0.1) is 0 Å². The molecule has 0 atom stereocenters. The monoisotopic (exact) mass is 453 g/mol. The summed E-state index contributed by atoms with van der Waals surface area (Å²) in [6.07, 6.45) is 0. The lowest BCUT2D eigenvalue weighted by atomic mass is 10.1. The van der Waals surface area contributed by atoms with Crippen molar-refractivity contribution in [3.05, 3.63) is 92.6 Å². The Bertz CT molecular complexity index is 1010. The van der Waals surface area contributed by atoms with E-state index in [9.17, 15) is 9.59 Å². The first kappa shape index (κ1) is 21.6. The van der Waals surface area contributed by atoms with Gasteiger partial charge in [-0.15, -0.1) is 11.3 Å². The molecule has 2 aromatic carbocycles. The molecular formula is C24H24ClN3O2S. The van der Waals surface area contributed by atoms with Crippen LogP contribution in [-0.2, 0) is 13.1 Å². The van der Waals surface area contributed by atoms with Crippen LogP contribution in [0.2, 0.25) is 5.02 Å². The van der Waals surface area contributed by atoms with Crippen LogP contribution in [0.1, 0.15) is 31.2 Å². The van der Waals surface area contributed by atoms with Crippen molar-refractivity contribution in [2.75, 3.05) is 26.2 Å². The zero-order valence-electron chi connectivity index (χ0n) is 17.1. The summed E-state index contributed by atoms with van der Waals surface area (Å²) in [7, 11) is 0. The predicted molar refractivity (Wildman–Crippen MR) is 125 cm³/mol. The Hall–Kier alpha value is -2.67. The standard InChI is InChI=1S/C24H24ClN3O2S/c25-21-9-5-19(6-10-21)17-27-11-13-28(14-12-27)24(30)20-7-3-18(4-8-20)16-26-23(29)22-2-1-15-31-22/h1-10,15H,11-14,16-17H2,(H,26,29). The molecule has 5 nitrogen and oxygen atoms in total. The molecule has 1 saturated heterocycles. The number of carbonyl (C=O) groups excluding carboxylic acids is 2. The maximum Gasteiger partial charge on any atom is 0.261 e. The Morgan fingerprint density at radius 2 is 1.58 bits per heavy atom. The van der Waals surface area contributed by atoms with Gasteiger partial charge in [0.2, 0.25) is 0 Å².